The molecule has 0 aliphatic carbocycles. The highest BCUT2D eigenvalue weighted by Crippen LogP contribution is 2.22. The van der Waals surface area contributed by atoms with Crippen LogP contribution in [0, 0.1) is 6.07 Å². The van der Waals surface area contributed by atoms with E-state index in [9.17, 15) is 0 Å². The van der Waals surface area contributed by atoms with Crippen molar-refractivity contribution in [1.82, 2.24) is 9.55 Å². The van der Waals surface area contributed by atoms with E-state index in [0.717, 1.165) is 6.42 Å². The Morgan fingerprint density at radius 2 is 2.20 bits per heavy atom. The van der Waals surface area contributed by atoms with Crippen LogP contribution in [-0.2, 0) is 0 Å². The predicted octanol–water partition coefficient (Wildman–Crippen LogP) is 3.07. The van der Waals surface area contributed by atoms with E-state index in [4.69, 9.17) is 0 Å². The summed E-state index contributed by atoms with van der Waals surface area (Å²) in [6.45, 7) is 2.21. The van der Waals surface area contributed by atoms with Crippen molar-refractivity contribution in [3.63, 3.8) is 0 Å². The largest absolute Gasteiger partial charge is 0.330 e. The van der Waals surface area contributed by atoms with Gasteiger partial charge in [-0.2, -0.15) is 0 Å². The highest BCUT2D eigenvalue weighted by Gasteiger charge is 2.10. The number of nitrogens with zero attached hydrogens (tertiary/aromatic N) is 2. The van der Waals surface area contributed by atoms with Crippen LogP contribution in [0.5, 0.6) is 0 Å². The summed E-state index contributed by atoms with van der Waals surface area (Å²) in [5, 5.41) is 0. The SMILES string of the molecule is CCCC(c1cc[c]cc1)n1ccnc1. The molecule has 0 fully saturated rings. The fourth-order valence-electron chi connectivity index (χ4n) is 1.84. The molecular weight excluding hydrogens is 184 g/mol. The molecule has 2 heteroatoms. The van der Waals surface area contributed by atoms with Gasteiger partial charge in [-0.05, 0) is 18.1 Å². The van der Waals surface area contributed by atoms with Crippen LogP contribution in [0.25, 0.3) is 0 Å². The summed E-state index contributed by atoms with van der Waals surface area (Å²) in [5.74, 6) is 0. The minimum Gasteiger partial charge on any atom is -0.330 e. The van der Waals surface area contributed by atoms with Crippen LogP contribution in [0.1, 0.15) is 31.4 Å². The highest BCUT2D eigenvalue weighted by molar-refractivity contribution is 5.19. The number of benzene rings is 1. The van der Waals surface area contributed by atoms with Gasteiger partial charge in [-0.15, -0.1) is 0 Å². The van der Waals surface area contributed by atoms with Crippen LogP contribution in [-0.4, -0.2) is 9.55 Å². The molecule has 0 bridgehead atoms. The Morgan fingerprint density at radius 3 is 2.80 bits per heavy atom. The number of rotatable bonds is 4. The fourth-order valence-corrected chi connectivity index (χ4v) is 1.84. The van der Waals surface area contributed by atoms with Crippen molar-refractivity contribution >= 4 is 0 Å². The van der Waals surface area contributed by atoms with Crippen molar-refractivity contribution in [2.45, 2.75) is 25.8 Å². The predicted molar refractivity (Wildman–Crippen MR) is 60.6 cm³/mol. The van der Waals surface area contributed by atoms with Gasteiger partial charge in [0.1, 0.15) is 0 Å². The molecule has 0 spiro atoms. The van der Waals surface area contributed by atoms with Gasteiger partial charge in [-0.1, -0.05) is 37.6 Å². The van der Waals surface area contributed by atoms with E-state index in [2.05, 4.69) is 34.7 Å². The van der Waals surface area contributed by atoms with E-state index in [0.29, 0.717) is 6.04 Å². The van der Waals surface area contributed by atoms with Crippen LogP contribution in [0.3, 0.4) is 0 Å². The fraction of sp³-hybridized carbons (Fsp3) is 0.308. The molecule has 0 saturated heterocycles. The molecule has 2 rings (SSSR count). The van der Waals surface area contributed by atoms with Crippen LogP contribution in [0.15, 0.2) is 43.0 Å². The number of hydrogen-bond acceptors (Lipinski definition) is 1. The summed E-state index contributed by atoms with van der Waals surface area (Å²) in [5.41, 5.74) is 1.33. The second-order valence-corrected chi connectivity index (χ2v) is 3.65. The minimum atomic E-state index is 0.409. The van der Waals surface area contributed by atoms with E-state index in [1.165, 1.54) is 12.0 Å². The Balaban J connectivity index is 2.28. The lowest BCUT2D eigenvalue weighted by Crippen LogP contribution is -2.08. The maximum absolute atomic E-state index is 4.11. The molecule has 1 unspecified atom stereocenters. The molecule has 2 nitrogen and oxygen atoms in total. The van der Waals surface area contributed by atoms with E-state index >= 15 is 0 Å². The van der Waals surface area contributed by atoms with Gasteiger partial charge in [0.05, 0.1) is 12.4 Å². The Hall–Kier alpha value is -1.57. The Labute approximate surface area is 90.6 Å². The first-order valence-electron chi connectivity index (χ1n) is 5.35. The quantitative estimate of drug-likeness (QED) is 0.740. The second-order valence-electron chi connectivity index (χ2n) is 3.65. The van der Waals surface area contributed by atoms with Crippen molar-refractivity contribution in [3.8, 4) is 0 Å². The molecule has 2 aromatic rings. The molecule has 1 aromatic heterocycles. The van der Waals surface area contributed by atoms with Crippen LogP contribution in [0.2, 0.25) is 0 Å². The van der Waals surface area contributed by atoms with Crippen molar-refractivity contribution in [2.75, 3.05) is 0 Å². The van der Waals surface area contributed by atoms with Gasteiger partial charge in [0, 0.05) is 12.4 Å². The van der Waals surface area contributed by atoms with Crippen molar-refractivity contribution < 1.29 is 0 Å². The molecule has 77 valence electrons. The summed E-state index contributed by atoms with van der Waals surface area (Å²) in [6.07, 6.45) is 8.05. The number of imidazole rings is 1. The van der Waals surface area contributed by atoms with Crippen molar-refractivity contribution in [2.24, 2.45) is 0 Å². The average Bonchev–Trinajstić information content (AvgIpc) is 2.80. The third-order valence-electron chi connectivity index (χ3n) is 2.58. The molecule has 0 N–H and O–H groups in total. The van der Waals surface area contributed by atoms with E-state index < -0.39 is 0 Å². The highest BCUT2D eigenvalue weighted by atomic mass is 15.0. The van der Waals surface area contributed by atoms with Gasteiger partial charge in [0.25, 0.3) is 0 Å². The lowest BCUT2D eigenvalue weighted by molar-refractivity contribution is 0.532. The maximum atomic E-state index is 4.11. The monoisotopic (exact) mass is 199 g/mol. The van der Waals surface area contributed by atoms with E-state index in [1.54, 1.807) is 0 Å². The van der Waals surface area contributed by atoms with Gasteiger partial charge >= 0.3 is 0 Å². The van der Waals surface area contributed by atoms with Gasteiger partial charge in [-0.3, -0.25) is 0 Å². The summed E-state index contributed by atoms with van der Waals surface area (Å²) in [7, 11) is 0. The first kappa shape index (κ1) is 9.97. The maximum Gasteiger partial charge on any atom is 0.0951 e. The second kappa shape index (κ2) is 4.78. The zero-order valence-electron chi connectivity index (χ0n) is 8.93. The van der Waals surface area contributed by atoms with Crippen molar-refractivity contribution in [1.29, 1.82) is 0 Å². The molecule has 1 aromatic carbocycles. The van der Waals surface area contributed by atoms with Gasteiger partial charge < -0.3 is 4.57 Å². The standard InChI is InChI=1S/C13H15N2/c1-2-6-13(15-10-9-14-11-15)12-7-4-3-5-8-12/h4-5,7-11,13H,2,6H2,1H3. The molecule has 1 atom stereocenters. The zero-order valence-corrected chi connectivity index (χ0v) is 8.93. The molecule has 0 amide bonds. The number of hydrogen-bond donors (Lipinski definition) is 0. The molecule has 0 aliphatic rings. The van der Waals surface area contributed by atoms with Gasteiger partial charge in [0.15, 0.2) is 0 Å². The topological polar surface area (TPSA) is 17.8 Å². The zero-order chi connectivity index (χ0) is 10.5. The first-order valence-corrected chi connectivity index (χ1v) is 5.35. The summed E-state index contributed by atoms with van der Waals surface area (Å²) in [6, 6.07) is 11.6. The van der Waals surface area contributed by atoms with Crippen LogP contribution < -0.4 is 0 Å². The molecular formula is C13H15N2. The van der Waals surface area contributed by atoms with Crippen LogP contribution in [0.4, 0.5) is 0 Å². The van der Waals surface area contributed by atoms with Gasteiger partial charge in [0.2, 0.25) is 0 Å². The minimum absolute atomic E-state index is 0.409. The molecule has 1 radical (unpaired) electrons. The third kappa shape index (κ3) is 2.27. The molecule has 0 aliphatic heterocycles. The van der Waals surface area contributed by atoms with E-state index in [1.807, 2.05) is 30.9 Å². The first-order chi connectivity index (χ1) is 7.42. The lowest BCUT2D eigenvalue weighted by atomic mass is 10.0. The average molecular weight is 199 g/mol. The van der Waals surface area contributed by atoms with Crippen molar-refractivity contribution in [3.05, 3.63) is 54.6 Å². The number of aromatic nitrogens is 2. The normalized spacial score (nSPS) is 12.6. The van der Waals surface area contributed by atoms with E-state index in [-0.39, 0.29) is 0 Å². The van der Waals surface area contributed by atoms with Gasteiger partial charge in [-0.25, -0.2) is 4.98 Å². The van der Waals surface area contributed by atoms with Crippen LogP contribution >= 0.6 is 0 Å². The third-order valence-corrected chi connectivity index (χ3v) is 2.58. The molecule has 15 heavy (non-hydrogen) atoms. The summed E-state index contributed by atoms with van der Waals surface area (Å²) in [4.78, 5) is 4.11. The summed E-state index contributed by atoms with van der Waals surface area (Å²) < 4.78 is 2.17. The lowest BCUT2D eigenvalue weighted by Gasteiger charge is -2.17. The Kier molecular flexibility index (Phi) is 3.18. The smallest absolute Gasteiger partial charge is 0.0951 e. The molecule has 1 heterocycles. The Bertz CT molecular complexity index is 378. The Morgan fingerprint density at radius 1 is 1.40 bits per heavy atom. The molecule has 0 saturated carbocycles. The summed E-state index contributed by atoms with van der Waals surface area (Å²) >= 11 is 0.